The van der Waals surface area contributed by atoms with Crippen LogP contribution in [-0.2, 0) is 22.6 Å². The third-order valence-corrected chi connectivity index (χ3v) is 3.14. The van der Waals surface area contributed by atoms with E-state index >= 15 is 0 Å². The van der Waals surface area contributed by atoms with E-state index in [9.17, 15) is 4.79 Å². The lowest BCUT2D eigenvalue weighted by Crippen LogP contribution is -2.06. The molecule has 118 valence electrons. The zero-order valence-electron chi connectivity index (χ0n) is 12.9. The van der Waals surface area contributed by atoms with Gasteiger partial charge in [0.25, 0.3) is 0 Å². The second-order valence-electron chi connectivity index (χ2n) is 4.75. The van der Waals surface area contributed by atoms with Crippen molar-refractivity contribution in [3.63, 3.8) is 0 Å². The van der Waals surface area contributed by atoms with E-state index in [0.717, 1.165) is 11.3 Å². The van der Waals surface area contributed by atoms with Crippen LogP contribution in [-0.4, -0.2) is 25.3 Å². The van der Waals surface area contributed by atoms with Crippen LogP contribution in [0.3, 0.4) is 0 Å². The molecule has 1 aromatic heterocycles. The quantitative estimate of drug-likeness (QED) is 0.732. The Bertz CT molecular complexity index is 635. The summed E-state index contributed by atoms with van der Waals surface area (Å²) in [5.41, 5.74) is 1.65. The maximum Gasteiger partial charge on any atom is 0.306 e. The molecular weight excluding hydrogens is 286 g/mol. The van der Waals surface area contributed by atoms with E-state index in [4.69, 9.17) is 18.7 Å². The molecule has 2 rings (SSSR count). The molecule has 0 aliphatic heterocycles. The fourth-order valence-corrected chi connectivity index (χ4v) is 2.10. The van der Waals surface area contributed by atoms with Crippen LogP contribution in [0.25, 0.3) is 0 Å². The highest BCUT2D eigenvalue weighted by atomic mass is 16.5. The minimum absolute atomic E-state index is 0.0922. The molecule has 0 aliphatic carbocycles. The smallest absolute Gasteiger partial charge is 0.306 e. The number of benzene rings is 1. The molecule has 0 radical (unpaired) electrons. The molecular formula is C16H19NO5. The first-order valence-electron chi connectivity index (χ1n) is 6.91. The molecule has 0 unspecified atom stereocenters. The summed E-state index contributed by atoms with van der Waals surface area (Å²) in [6, 6.07) is 7.30. The molecule has 0 N–H and O–H groups in total. The lowest BCUT2D eigenvalue weighted by atomic mass is 10.1. The Balaban J connectivity index is 1.88. The number of hydrogen-bond donors (Lipinski definition) is 0. The Hall–Kier alpha value is -2.50. The SMILES string of the molecule is COc1cccc(CCC(=O)OCc2cc(C)no2)c1OC. The molecule has 0 fully saturated rings. The summed E-state index contributed by atoms with van der Waals surface area (Å²) in [4.78, 5) is 11.8. The van der Waals surface area contributed by atoms with Gasteiger partial charge in [0.2, 0.25) is 0 Å². The fraction of sp³-hybridized carbons (Fsp3) is 0.375. The van der Waals surface area contributed by atoms with Crippen molar-refractivity contribution in [2.75, 3.05) is 14.2 Å². The molecule has 0 atom stereocenters. The first-order valence-corrected chi connectivity index (χ1v) is 6.91. The van der Waals surface area contributed by atoms with Crippen molar-refractivity contribution in [1.29, 1.82) is 0 Å². The molecule has 0 spiro atoms. The summed E-state index contributed by atoms with van der Waals surface area (Å²) >= 11 is 0. The summed E-state index contributed by atoms with van der Waals surface area (Å²) < 4.78 is 20.7. The van der Waals surface area contributed by atoms with Crippen LogP contribution in [0.2, 0.25) is 0 Å². The third-order valence-electron chi connectivity index (χ3n) is 3.14. The molecule has 6 nitrogen and oxygen atoms in total. The number of esters is 1. The standard InChI is InChI=1S/C16H19NO5/c1-11-9-13(22-17-11)10-21-15(18)8-7-12-5-4-6-14(19-2)16(12)20-3/h4-6,9H,7-8,10H2,1-3H3. The van der Waals surface area contributed by atoms with Gasteiger partial charge in [-0.2, -0.15) is 0 Å². The topological polar surface area (TPSA) is 70.8 Å². The van der Waals surface area contributed by atoms with E-state index in [1.165, 1.54) is 0 Å². The van der Waals surface area contributed by atoms with Gasteiger partial charge in [-0.25, -0.2) is 0 Å². The molecule has 0 amide bonds. The lowest BCUT2D eigenvalue weighted by Gasteiger charge is -2.12. The predicted molar refractivity (Wildman–Crippen MR) is 78.9 cm³/mol. The molecule has 1 heterocycles. The Labute approximate surface area is 129 Å². The normalized spacial score (nSPS) is 10.3. The third kappa shape index (κ3) is 4.00. The highest BCUT2D eigenvalue weighted by molar-refractivity contribution is 5.70. The van der Waals surface area contributed by atoms with Crippen LogP contribution in [0, 0.1) is 6.92 Å². The Morgan fingerprint density at radius 3 is 2.73 bits per heavy atom. The number of methoxy groups -OCH3 is 2. The number of aromatic nitrogens is 1. The van der Waals surface area contributed by atoms with E-state index in [1.54, 1.807) is 20.3 Å². The van der Waals surface area contributed by atoms with Crippen molar-refractivity contribution < 1.29 is 23.5 Å². The molecule has 1 aromatic carbocycles. The van der Waals surface area contributed by atoms with Gasteiger partial charge in [0.15, 0.2) is 23.9 Å². The van der Waals surface area contributed by atoms with E-state index in [-0.39, 0.29) is 19.0 Å². The maximum atomic E-state index is 11.8. The van der Waals surface area contributed by atoms with Gasteiger partial charge < -0.3 is 18.7 Å². The van der Waals surface area contributed by atoms with Gasteiger partial charge in [0.1, 0.15) is 0 Å². The highest BCUT2D eigenvalue weighted by Gasteiger charge is 2.12. The molecule has 2 aromatic rings. The Kier molecular flexibility index (Phi) is 5.41. The number of ether oxygens (including phenoxy) is 3. The van der Waals surface area contributed by atoms with E-state index < -0.39 is 0 Å². The molecule has 0 bridgehead atoms. The first-order chi connectivity index (χ1) is 10.6. The average molecular weight is 305 g/mol. The number of rotatable bonds is 7. The zero-order valence-corrected chi connectivity index (χ0v) is 12.9. The van der Waals surface area contributed by atoms with Crippen molar-refractivity contribution in [1.82, 2.24) is 5.16 Å². The number of carbonyl (C=O) groups is 1. The molecule has 0 aliphatic rings. The molecule has 0 saturated heterocycles. The van der Waals surface area contributed by atoms with Crippen molar-refractivity contribution in [2.45, 2.75) is 26.4 Å². The van der Waals surface area contributed by atoms with E-state index in [1.807, 2.05) is 25.1 Å². The van der Waals surface area contributed by atoms with Crippen molar-refractivity contribution in [2.24, 2.45) is 0 Å². The van der Waals surface area contributed by atoms with E-state index in [0.29, 0.717) is 23.7 Å². The predicted octanol–water partition coefficient (Wildman–Crippen LogP) is 2.68. The van der Waals surface area contributed by atoms with Gasteiger partial charge in [-0.15, -0.1) is 0 Å². The Morgan fingerprint density at radius 1 is 1.27 bits per heavy atom. The number of nitrogens with zero attached hydrogens (tertiary/aromatic N) is 1. The van der Waals surface area contributed by atoms with Crippen LogP contribution in [0.15, 0.2) is 28.8 Å². The fourth-order valence-electron chi connectivity index (χ4n) is 2.10. The summed E-state index contributed by atoms with van der Waals surface area (Å²) in [7, 11) is 3.15. The van der Waals surface area contributed by atoms with Gasteiger partial charge in [0, 0.05) is 12.5 Å². The second-order valence-corrected chi connectivity index (χ2v) is 4.75. The van der Waals surface area contributed by atoms with Crippen molar-refractivity contribution >= 4 is 5.97 Å². The number of carbonyl (C=O) groups excluding carboxylic acids is 1. The van der Waals surface area contributed by atoms with Crippen LogP contribution >= 0.6 is 0 Å². The molecule has 0 saturated carbocycles. The van der Waals surface area contributed by atoms with Gasteiger partial charge >= 0.3 is 5.97 Å². The van der Waals surface area contributed by atoms with Crippen molar-refractivity contribution in [3.05, 3.63) is 41.3 Å². The van der Waals surface area contributed by atoms with Crippen LogP contribution in [0.1, 0.15) is 23.4 Å². The van der Waals surface area contributed by atoms with E-state index in [2.05, 4.69) is 5.16 Å². The number of para-hydroxylation sites is 1. The summed E-state index contributed by atoms with van der Waals surface area (Å²) in [5, 5.41) is 3.73. The minimum atomic E-state index is -0.307. The highest BCUT2D eigenvalue weighted by Crippen LogP contribution is 2.31. The monoisotopic (exact) mass is 305 g/mol. The summed E-state index contributed by atoms with van der Waals surface area (Å²) in [6.45, 7) is 1.90. The van der Waals surface area contributed by atoms with Gasteiger partial charge in [-0.1, -0.05) is 17.3 Å². The summed E-state index contributed by atoms with van der Waals surface area (Å²) in [6.07, 6.45) is 0.755. The van der Waals surface area contributed by atoms with Gasteiger partial charge in [-0.05, 0) is 25.0 Å². The minimum Gasteiger partial charge on any atom is -0.493 e. The maximum absolute atomic E-state index is 11.8. The average Bonchev–Trinajstić information content (AvgIpc) is 2.95. The lowest BCUT2D eigenvalue weighted by molar-refractivity contribution is -0.145. The number of aryl methyl sites for hydroxylation is 2. The van der Waals surface area contributed by atoms with Crippen LogP contribution in [0.5, 0.6) is 11.5 Å². The van der Waals surface area contributed by atoms with Crippen molar-refractivity contribution in [3.8, 4) is 11.5 Å². The largest absolute Gasteiger partial charge is 0.493 e. The molecule has 22 heavy (non-hydrogen) atoms. The zero-order chi connectivity index (χ0) is 15.9. The Morgan fingerprint density at radius 2 is 2.09 bits per heavy atom. The number of hydrogen-bond acceptors (Lipinski definition) is 6. The van der Waals surface area contributed by atoms with Gasteiger partial charge in [-0.3, -0.25) is 4.79 Å². The second kappa shape index (κ2) is 7.49. The first kappa shape index (κ1) is 15.9. The van der Waals surface area contributed by atoms with Gasteiger partial charge in [0.05, 0.1) is 19.9 Å². The summed E-state index contributed by atoms with van der Waals surface area (Å²) in [5.74, 6) is 1.51. The van der Waals surface area contributed by atoms with Crippen LogP contribution in [0.4, 0.5) is 0 Å². The van der Waals surface area contributed by atoms with Crippen LogP contribution < -0.4 is 9.47 Å². The molecule has 6 heteroatoms.